The predicted molar refractivity (Wildman–Crippen MR) is 87.1 cm³/mol. The maximum atomic E-state index is 11.3. The fourth-order valence-electron chi connectivity index (χ4n) is 3.08. The minimum Gasteiger partial charge on any atom is -0.381 e. The van der Waals surface area contributed by atoms with E-state index >= 15 is 0 Å². The van der Waals surface area contributed by atoms with Gasteiger partial charge < -0.3 is 9.64 Å². The van der Waals surface area contributed by atoms with E-state index in [4.69, 9.17) is 4.74 Å². The van der Waals surface area contributed by atoms with Crippen LogP contribution >= 0.6 is 11.8 Å². The molecule has 2 heterocycles. The summed E-state index contributed by atoms with van der Waals surface area (Å²) in [5.74, 6) is 0.598. The lowest BCUT2D eigenvalue weighted by Crippen LogP contribution is -2.42. The summed E-state index contributed by atoms with van der Waals surface area (Å²) in [6.45, 7) is 6.87. The van der Waals surface area contributed by atoms with E-state index in [2.05, 4.69) is 18.7 Å². The molecule has 0 amide bonds. The Kier molecular flexibility index (Phi) is 4.18. The molecule has 3 rings (SSSR count). The van der Waals surface area contributed by atoms with Crippen LogP contribution in [0, 0.1) is 5.92 Å². The molecule has 122 valence electrons. The van der Waals surface area contributed by atoms with Crippen molar-refractivity contribution >= 4 is 27.6 Å². The first-order valence-electron chi connectivity index (χ1n) is 7.43. The van der Waals surface area contributed by atoms with Gasteiger partial charge in [0.05, 0.1) is 15.5 Å². The zero-order valence-electron chi connectivity index (χ0n) is 12.8. The molecular formula is C15H21NO4S2. The van der Waals surface area contributed by atoms with E-state index in [9.17, 15) is 13.0 Å². The fourth-order valence-corrected chi connectivity index (χ4v) is 4.95. The van der Waals surface area contributed by atoms with Crippen LogP contribution in [0.15, 0.2) is 28.0 Å². The molecule has 0 aromatic heterocycles. The van der Waals surface area contributed by atoms with Crippen LogP contribution in [0.5, 0.6) is 0 Å². The van der Waals surface area contributed by atoms with E-state index in [1.807, 2.05) is 0 Å². The average molecular weight is 343 g/mol. The van der Waals surface area contributed by atoms with Crippen molar-refractivity contribution in [3.05, 3.63) is 18.2 Å². The molecule has 1 saturated heterocycles. The molecule has 2 aliphatic heterocycles. The Morgan fingerprint density at radius 1 is 1.36 bits per heavy atom. The average Bonchev–Trinajstić information content (AvgIpc) is 2.69. The maximum Gasteiger partial charge on any atom is 0.294 e. The minimum absolute atomic E-state index is 0.0394. The third-order valence-electron chi connectivity index (χ3n) is 4.31. The van der Waals surface area contributed by atoms with Crippen LogP contribution in [0.1, 0.15) is 26.7 Å². The summed E-state index contributed by atoms with van der Waals surface area (Å²) in [7, 11) is -4.15. The standard InChI is InChI=1S/C15H21NO4S2/c1-15(2)16(10-11-5-7-20-8-6-11)13-4-3-12(22(17,18)19)9-14(13)21-15/h3-4,9,11H,5-8,10H2,1-2H3,(H,17,18,19). The Morgan fingerprint density at radius 2 is 2.05 bits per heavy atom. The third kappa shape index (κ3) is 3.13. The molecule has 0 unspecified atom stereocenters. The number of hydrogen-bond acceptors (Lipinski definition) is 5. The van der Waals surface area contributed by atoms with E-state index in [-0.39, 0.29) is 9.77 Å². The third-order valence-corrected chi connectivity index (χ3v) is 6.43. The molecule has 5 nitrogen and oxygen atoms in total. The smallest absolute Gasteiger partial charge is 0.294 e. The molecule has 7 heteroatoms. The summed E-state index contributed by atoms with van der Waals surface area (Å²) in [4.78, 5) is 3.09. The quantitative estimate of drug-likeness (QED) is 0.851. The zero-order chi connectivity index (χ0) is 16.0. The van der Waals surface area contributed by atoms with Gasteiger partial charge in [-0.25, -0.2) is 0 Å². The molecule has 0 atom stereocenters. The topological polar surface area (TPSA) is 66.8 Å². The van der Waals surface area contributed by atoms with E-state index in [1.54, 1.807) is 23.9 Å². The molecule has 0 radical (unpaired) electrons. The Bertz CT molecular complexity index is 666. The first-order chi connectivity index (χ1) is 10.3. The van der Waals surface area contributed by atoms with Crippen LogP contribution in [0.4, 0.5) is 5.69 Å². The number of anilines is 1. The highest BCUT2D eigenvalue weighted by Gasteiger charge is 2.38. The Hall–Kier alpha value is -0.760. The molecule has 1 fully saturated rings. The van der Waals surface area contributed by atoms with Crippen molar-refractivity contribution in [2.75, 3.05) is 24.7 Å². The van der Waals surface area contributed by atoms with Gasteiger partial charge in [0.15, 0.2) is 0 Å². The van der Waals surface area contributed by atoms with Crippen molar-refractivity contribution in [1.82, 2.24) is 0 Å². The van der Waals surface area contributed by atoms with Gasteiger partial charge in [0.2, 0.25) is 0 Å². The van der Waals surface area contributed by atoms with Crippen molar-refractivity contribution < 1.29 is 17.7 Å². The summed E-state index contributed by atoms with van der Waals surface area (Å²) in [6, 6.07) is 4.85. The summed E-state index contributed by atoms with van der Waals surface area (Å²) in [6.07, 6.45) is 2.13. The number of fused-ring (bicyclic) bond motifs is 1. The first kappa shape index (κ1) is 16.1. The van der Waals surface area contributed by atoms with Crippen LogP contribution in [0.3, 0.4) is 0 Å². The molecule has 1 aromatic carbocycles. The number of thioether (sulfide) groups is 1. The van der Waals surface area contributed by atoms with Crippen LogP contribution in [0.25, 0.3) is 0 Å². The second-order valence-electron chi connectivity index (χ2n) is 6.32. The second-order valence-corrected chi connectivity index (χ2v) is 9.38. The lowest BCUT2D eigenvalue weighted by molar-refractivity contribution is 0.0677. The van der Waals surface area contributed by atoms with E-state index in [1.165, 1.54) is 6.07 Å². The van der Waals surface area contributed by atoms with Gasteiger partial charge in [-0.15, -0.1) is 0 Å². The molecule has 0 bridgehead atoms. The Labute approximate surface area is 135 Å². The number of hydrogen-bond donors (Lipinski definition) is 1. The van der Waals surface area contributed by atoms with Gasteiger partial charge in [-0.1, -0.05) is 11.8 Å². The molecule has 1 aromatic rings. The SMILES string of the molecule is CC1(C)Sc2cc(S(=O)(=O)O)ccc2N1CC1CCOCC1. The second kappa shape index (κ2) is 5.70. The van der Waals surface area contributed by atoms with Crippen molar-refractivity contribution in [2.45, 2.75) is 41.4 Å². The summed E-state index contributed by atoms with van der Waals surface area (Å²) in [5, 5.41) is 0. The van der Waals surface area contributed by atoms with Gasteiger partial charge in [0.1, 0.15) is 0 Å². The highest BCUT2D eigenvalue weighted by Crippen LogP contribution is 2.51. The van der Waals surface area contributed by atoms with Crippen molar-refractivity contribution in [3.8, 4) is 0 Å². The minimum atomic E-state index is -4.15. The highest BCUT2D eigenvalue weighted by molar-refractivity contribution is 8.01. The highest BCUT2D eigenvalue weighted by atomic mass is 32.2. The van der Waals surface area contributed by atoms with Crippen molar-refractivity contribution in [2.24, 2.45) is 5.92 Å². The predicted octanol–water partition coefficient (Wildman–Crippen LogP) is 3.01. The Morgan fingerprint density at radius 3 is 2.68 bits per heavy atom. The van der Waals surface area contributed by atoms with Gasteiger partial charge in [-0.3, -0.25) is 4.55 Å². The maximum absolute atomic E-state index is 11.3. The number of ether oxygens (including phenoxy) is 1. The molecule has 0 spiro atoms. The summed E-state index contributed by atoms with van der Waals surface area (Å²) in [5.41, 5.74) is 1.05. The van der Waals surface area contributed by atoms with Gasteiger partial charge in [-0.05, 0) is 50.8 Å². The normalized spacial score (nSPS) is 21.9. The van der Waals surface area contributed by atoms with Gasteiger partial charge >= 0.3 is 0 Å². The molecule has 2 aliphatic rings. The molecule has 0 saturated carbocycles. The fraction of sp³-hybridized carbons (Fsp3) is 0.600. The van der Waals surface area contributed by atoms with Gasteiger partial charge in [-0.2, -0.15) is 8.42 Å². The zero-order valence-corrected chi connectivity index (χ0v) is 14.4. The lowest BCUT2D eigenvalue weighted by atomic mass is 9.98. The lowest BCUT2D eigenvalue weighted by Gasteiger charge is -2.37. The van der Waals surface area contributed by atoms with E-state index in [0.717, 1.165) is 43.2 Å². The van der Waals surface area contributed by atoms with Crippen LogP contribution in [0.2, 0.25) is 0 Å². The summed E-state index contributed by atoms with van der Waals surface area (Å²) >= 11 is 1.64. The van der Waals surface area contributed by atoms with Crippen molar-refractivity contribution in [1.29, 1.82) is 0 Å². The number of rotatable bonds is 3. The van der Waals surface area contributed by atoms with Crippen LogP contribution < -0.4 is 4.90 Å². The largest absolute Gasteiger partial charge is 0.381 e. The van der Waals surface area contributed by atoms with E-state index in [0.29, 0.717) is 5.92 Å². The molecule has 22 heavy (non-hydrogen) atoms. The van der Waals surface area contributed by atoms with Gasteiger partial charge in [0, 0.05) is 24.7 Å². The monoisotopic (exact) mass is 343 g/mol. The molecule has 0 aliphatic carbocycles. The number of nitrogens with zero attached hydrogens (tertiary/aromatic N) is 1. The Balaban J connectivity index is 1.89. The van der Waals surface area contributed by atoms with Crippen LogP contribution in [-0.4, -0.2) is 37.6 Å². The number of benzene rings is 1. The van der Waals surface area contributed by atoms with E-state index < -0.39 is 10.1 Å². The summed E-state index contributed by atoms with van der Waals surface area (Å²) < 4.78 is 37.3. The van der Waals surface area contributed by atoms with Crippen LogP contribution in [-0.2, 0) is 14.9 Å². The molecular weight excluding hydrogens is 322 g/mol. The van der Waals surface area contributed by atoms with Gasteiger partial charge in [0.25, 0.3) is 10.1 Å². The first-order valence-corrected chi connectivity index (χ1v) is 9.69. The molecule has 1 N–H and O–H groups in total. The van der Waals surface area contributed by atoms with Crippen molar-refractivity contribution in [3.63, 3.8) is 0 Å².